The van der Waals surface area contributed by atoms with Gasteiger partial charge in [0.25, 0.3) is 5.78 Å². The fraction of sp³-hybridized carbons (Fsp3) is 0.111. The Hall–Kier alpha value is -5.19. The van der Waals surface area contributed by atoms with E-state index in [0.717, 1.165) is 17.0 Å². The summed E-state index contributed by atoms with van der Waals surface area (Å²) in [7, 11) is 2.81. The first-order valence-electron chi connectivity index (χ1n) is 11.3. The second-order valence-corrected chi connectivity index (χ2v) is 8.38. The maximum absolute atomic E-state index is 14.1. The van der Waals surface area contributed by atoms with Gasteiger partial charge in [0.2, 0.25) is 5.95 Å². The van der Waals surface area contributed by atoms with E-state index in [4.69, 9.17) is 9.47 Å². The van der Waals surface area contributed by atoms with Crippen LogP contribution in [0.2, 0.25) is 0 Å². The van der Waals surface area contributed by atoms with E-state index in [1.54, 1.807) is 24.3 Å². The van der Waals surface area contributed by atoms with Gasteiger partial charge in [-0.3, -0.25) is 14.5 Å². The van der Waals surface area contributed by atoms with E-state index in [9.17, 15) is 29.0 Å². The molecule has 1 unspecified atom stereocenters. The third-order valence-electron chi connectivity index (χ3n) is 6.24. The summed E-state index contributed by atoms with van der Waals surface area (Å²) in [5, 5.41) is 20.6. The molecule has 3 aromatic carbocycles. The molecule has 0 spiro atoms. The van der Waals surface area contributed by atoms with Crippen LogP contribution in [0.15, 0.2) is 66.2 Å². The van der Waals surface area contributed by atoms with Crippen molar-refractivity contribution < 1.29 is 38.5 Å². The number of ketones is 1. The number of benzene rings is 3. The van der Waals surface area contributed by atoms with Gasteiger partial charge in [0, 0.05) is 0 Å². The SMILES string of the molecule is COc1ccc(C2/C(=C(\O)c3cc(F)ccc3OC)C(=O)C(=O)N2c2nc3ccc(C(=O)O)cc3[nH]2)cc1. The summed E-state index contributed by atoms with van der Waals surface area (Å²) in [5.74, 6) is -3.93. The van der Waals surface area contributed by atoms with Gasteiger partial charge in [-0.2, -0.15) is 0 Å². The van der Waals surface area contributed by atoms with Gasteiger partial charge in [0.1, 0.15) is 23.1 Å². The molecule has 192 valence electrons. The molecule has 1 aliphatic heterocycles. The highest BCUT2D eigenvalue weighted by Crippen LogP contribution is 2.43. The maximum atomic E-state index is 14.1. The average molecular weight is 517 g/mol. The summed E-state index contributed by atoms with van der Waals surface area (Å²) in [5.41, 5.74) is 0.679. The van der Waals surface area contributed by atoms with Crippen molar-refractivity contribution in [3.63, 3.8) is 0 Å². The van der Waals surface area contributed by atoms with Crippen molar-refractivity contribution in [3.05, 3.63) is 88.7 Å². The van der Waals surface area contributed by atoms with Gasteiger partial charge in [-0.15, -0.1) is 0 Å². The fourth-order valence-electron chi connectivity index (χ4n) is 4.41. The van der Waals surface area contributed by atoms with Gasteiger partial charge < -0.3 is 24.7 Å². The summed E-state index contributed by atoms with van der Waals surface area (Å²) >= 11 is 0. The molecule has 1 saturated heterocycles. The van der Waals surface area contributed by atoms with Crippen LogP contribution in [0.5, 0.6) is 11.5 Å². The number of aromatic carboxylic acids is 1. The number of Topliss-reactive ketones (excluding diaryl/α,β-unsaturated/α-hetero) is 1. The molecule has 1 aliphatic rings. The third kappa shape index (κ3) is 3.99. The second kappa shape index (κ2) is 9.36. The minimum Gasteiger partial charge on any atom is -0.507 e. The van der Waals surface area contributed by atoms with Crippen LogP contribution in [0, 0.1) is 5.82 Å². The van der Waals surface area contributed by atoms with E-state index in [1.807, 2.05) is 0 Å². The lowest BCUT2D eigenvalue weighted by Gasteiger charge is -2.23. The molecule has 0 bridgehead atoms. The van der Waals surface area contributed by atoms with Gasteiger partial charge in [0.15, 0.2) is 0 Å². The number of H-pyrrole nitrogens is 1. The van der Waals surface area contributed by atoms with Crippen LogP contribution in [0.1, 0.15) is 27.5 Å². The summed E-state index contributed by atoms with van der Waals surface area (Å²) in [6, 6.07) is 12.9. The molecule has 5 rings (SSSR count). The molecule has 0 aliphatic carbocycles. The highest BCUT2D eigenvalue weighted by Gasteiger charge is 2.48. The first-order valence-corrected chi connectivity index (χ1v) is 11.3. The second-order valence-electron chi connectivity index (χ2n) is 8.38. The molecule has 1 aromatic heterocycles. The zero-order valence-corrected chi connectivity index (χ0v) is 20.1. The third-order valence-corrected chi connectivity index (χ3v) is 6.24. The summed E-state index contributed by atoms with van der Waals surface area (Å²) in [4.78, 5) is 46.5. The number of aliphatic hydroxyl groups excluding tert-OH is 1. The number of amides is 1. The Balaban J connectivity index is 1.74. The van der Waals surface area contributed by atoms with Gasteiger partial charge in [0.05, 0.1) is 48.0 Å². The maximum Gasteiger partial charge on any atom is 0.335 e. The lowest BCUT2D eigenvalue weighted by molar-refractivity contribution is -0.132. The Morgan fingerprint density at radius 1 is 1.00 bits per heavy atom. The number of fused-ring (bicyclic) bond motifs is 1. The molecule has 1 amide bonds. The fourth-order valence-corrected chi connectivity index (χ4v) is 4.41. The van der Waals surface area contributed by atoms with Crippen LogP contribution < -0.4 is 14.4 Å². The quantitative estimate of drug-likeness (QED) is 0.198. The number of anilines is 1. The van der Waals surface area contributed by atoms with Gasteiger partial charge in [-0.25, -0.2) is 14.2 Å². The molecule has 0 radical (unpaired) electrons. The molecule has 0 saturated carbocycles. The van der Waals surface area contributed by atoms with Crippen molar-refractivity contribution in [1.82, 2.24) is 9.97 Å². The lowest BCUT2D eigenvalue weighted by Crippen LogP contribution is -2.30. The van der Waals surface area contributed by atoms with E-state index in [0.29, 0.717) is 22.3 Å². The van der Waals surface area contributed by atoms with Gasteiger partial charge in [-0.1, -0.05) is 12.1 Å². The number of hydrogen-bond donors (Lipinski definition) is 3. The van der Waals surface area contributed by atoms with Crippen molar-refractivity contribution in [2.75, 3.05) is 19.1 Å². The van der Waals surface area contributed by atoms with E-state index in [-0.39, 0.29) is 28.4 Å². The minimum absolute atomic E-state index is 0.000317. The van der Waals surface area contributed by atoms with E-state index in [1.165, 1.54) is 38.5 Å². The molecule has 4 aromatic rings. The average Bonchev–Trinajstić information content (AvgIpc) is 3.45. The Kier molecular flexibility index (Phi) is 6.03. The molecule has 2 heterocycles. The van der Waals surface area contributed by atoms with E-state index in [2.05, 4.69) is 9.97 Å². The number of rotatable bonds is 6. The molecule has 10 nitrogen and oxygen atoms in total. The minimum atomic E-state index is -1.17. The molecule has 38 heavy (non-hydrogen) atoms. The number of nitrogens with zero attached hydrogens (tertiary/aromatic N) is 2. The smallest absolute Gasteiger partial charge is 0.335 e. The van der Waals surface area contributed by atoms with Crippen LogP contribution in [-0.4, -0.2) is 52.1 Å². The highest BCUT2D eigenvalue weighted by molar-refractivity contribution is 6.51. The number of aromatic amines is 1. The number of carboxylic acid groups (broad SMARTS) is 1. The molecule has 1 fully saturated rings. The van der Waals surface area contributed by atoms with Crippen LogP contribution in [0.3, 0.4) is 0 Å². The Morgan fingerprint density at radius 2 is 1.74 bits per heavy atom. The number of nitrogens with one attached hydrogen (secondary N) is 1. The summed E-state index contributed by atoms with van der Waals surface area (Å²) < 4.78 is 24.6. The van der Waals surface area contributed by atoms with Crippen LogP contribution in [0.4, 0.5) is 10.3 Å². The molecule has 3 N–H and O–H groups in total. The van der Waals surface area contributed by atoms with Crippen molar-refractivity contribution in [2.45, 2.75) is 6.04 Å². The Bertz CT molecular complexity index is 1640. The topological polar surface area (TPSA) is 142 Å². The van der Waals surface area contributed by atoms with Crippen molar-refractivity contribution in [1.29, 1.82) is 0 Å². The van der Waals surface area contributed by atoms with E-state index >= 15 is 0 Å². The number of aromatic nitrogens is 2. The molecular weight excluding hydrogens is 497 g/mol. The first-order chi connectivity index (χ1) is 18.2. The van der Waals surface area contributed by atoms with Crippen LogP contribution >= 0.6 is 0 Å². The number of ether oxygens (including phenoxy) is 2. The number of imidazole rings is 1. The van der Waals surface area contributed by atoms with Crippen molar-refractivity contribution >= 4 is 40.4 Å². The van der Waals surface area contributed by atoms with E-state index < -0.39 is 35.3 Å². The monoisotopic (exact) mass is 517 g/mol. The molecule has 1 atom stereocenters. The van der Waals surface area contributed by atoms with Gasteiger partial charge in [-0.05, 0) is 54.1 Å². The van der Waals surface area contributed by atoms with Crippen molar-refractivity contribution in [2.24, 2.45) is 0 Å². The highest BCUT2D eigenvalue weighted by atomic mass is 19.1. The summed E-state index contributed by atoms with van der Waals surface area (Å²) in [6.45, 7) is 0. The number of hydrogen-bond acceptors (Lipinski definition) is 7. The normalized spacial score (nSPS) is 16.7. The van der Waals surface area contributed by atoms with Crippen molar-refractivity contribution in [3.8, 4) is 11.5 Å². The van der Waals surface area contributed by atoms with Gasteiger partial charge >= 0.3 is 11.9 Å². The van der Waals surface area contributed by atoms with Crippen LogP contribution in [-0.2, 0) is 9.59 Å². The number of methoxy groups -OCH3 is 2. The standard InChI is InChI=1S/C27H20FN3O7/c1-37-16-7-3-13(4-8-16)22-21(23(32)17-12-15(28)6-10-20(17)38-2)24(33)25(34)31(22)27-29-18-9-5-14(26(35)36)11-19(18)30-27/h3-12,22,32H,1-2H3,(H,29,30)(H,35,36)/b23-21+. The largest absolute Gasteiger partial charge is 0.507 e. The first kappa shape index (κ1) is 24.5. The number of aliphatic hydroxyl groups is 1. The Morgan fingerprint density at radius 3 is 2.39 bits per heavy atom. The predicted molar refractivity (Wildman–Crippen MR) is 134 cm³/mol. The molecular formula is C27H20FN3O7. The number of halogens is 1. The lowest BCUT2D eigenvalue weighted by atomic mass is 9.95. The number of carbonyl (C=O) groups excluding carboxylic acids is 2. The number of carbonyl (C=O) groups is 3. The zero-order valence-electron chi connectivity index (χ0n) is 20.1. The predicted octanol–water partition coefficient (Wildman–Crippen LogP) is 4.04. The number of carboxylic acids is 1. The zero-order chi connectivity index (χ0) is 27.1. The molecule has 11 heteroatoms. The van der Waals surface area contributed by atoms with Crippen LogP contribution in [0.25, 0.3) is 16.8 Å². The Labute approximate surface area is 214 Å². The summed E-state index contributed by atoms with van der Waals surface area (Å²) in [6.07, 6.45) is 0.